The van der Waals surface area contributed by atoms with E-state index in [1.54, 1.807) is 6.07 Å². The predicted molar refractivity (Wildman–Crippen MR) is 95.4 cm³/mol. The van der Waals surface area contributed by atoms with Gasteiger partial charge in [0, 0.05) is 12.1 Å². The molecule has 26 heavy (non-hydrogen) atoms. The third-order valence-electron chi connectivity index (χ3n) is 3.08. The average Bonchev–Trinajstić information content (AvgIpc) is 2.60. The van der Waals surface area contributed by atoms with E-state index < -0.39 is 17.5 Å². The van der Waals surface area contributed by atoms with Crippen LogP contribution in [0.15, 0.2) is 41.5 Å². The van der Waals surface area contributed by atoms with Crippen LogP contribution in [0.5, 0.6) is 11.5 Å². The zero-order valence-electron chi connectivity index (χ0n) is 13.5. The number of benzene rings is 2. The van der Waals surface area contributed by atoms with Gasteiger partial charge < -0.3 is 14.6 Å². The van der Waals surface area contributed by atoms with Crippen LogP contribution < -0.4 is 14.9 Å². The Balaban J connectivity index is 2.10. The molecular weight excluding hydrogens is 366 g/mol. The molecule has 0 unspecified atom stereocenters. The van der Waals surface area contributed by atoms with Crippen molar-refractivity contribution >= 4 is 35.2 Å². The number of methoxy groups -OCH3 is 1. The molecule has 9 nitrogen and oxygen atoms in total. The summed E-state index contributed by atoms with van der Waals surface area (Å²) >= 11 is 6.10. The third kappa shape index (κ3) is 5.08. The summed E-state index contributed by atoms with van der Waals surface area (Å²) in [4.78, 5) is 20.7. The van der Waals surface area contributed by atoms with Crippen molar-refractivity contribution in [2.24, 2.45) is 5.10 Å². The number of nitro groups is 1. The Kier molecular flexibility index (Phi) is 6.34. The molecule has 0 radical (unpaired) electrons. The lowest BCUT2D eigenvalue weighted by molar-refractivity contribution is -0.384. The molecule has 2 aromatic carbocycles. The Bertz CT molecular complexity index is 839. The van der Waals surface area contributed by atoms with Crippen molar-refractivity contribution in [2.45, 2.75) is 0 Å². The van der Waals surface area contributed by atoms with Crippen LogP contribution in [0, 0.1) is 10.1 Å². The van der Waals surface area contributed by atoms with Crippen LogP contribution in [0.4, 0.5) is 11.4 Å². The van der Waals surface area contributed by atoms with Gasteiger partial charge in [0.1, 0.15) is 0 Å². The minimum absolute atomic E-state index is 0.0204. The average molecular weight is 380 g/mol. The molecule has 0 saturated carbocycles. The molecule has 136 valence electrons. The number of rotatable bonds is 8. The lowest BCUT2D eigenvalue weighted by Gasteiger charge is -2.11. The van der Waals surface area contributed by atoms with E-state index in [-0.39, 0.29) is 22.2 Å². The van der Waals surface area contributed by atoms with Crippen molar-refractivity contribution < 1.29 is 24.3 Å². The fourth-order valence-corrected chi connectivity index (χ4v) is 2.20. The van der Waals surface area contributed by atoms with Gasteiger partial charge in [-0.3, -0.25) is 15.5 Å². The molecule has 0 aliphatic carbocycles. The number of anilines is 1. The SMILES string of the molecule is COc1cc(/C=N/Nc2ccc([N+](=O)[O-])cc2)cc(Cl)c1OCC(=O)O. The van der Waals surface area contributed by atoms with Crippen LogP contribution in [0.25, 0.3) is 0 Å². The van der Waals surface area contributed by atoms with E-state index in [4.69, 9.17) is 26.2 Å². The molecule has 0 spiro atoms. The van der Waals surface area contributed by atoms with Crippen LogP contribution in [0.3, 0.4) is 0 Å². The molecule has 2 N–H and O–H groups in total. The van der Waals surface area contributed by atoms with Crippen LogP contribution in [0.2, 0.25) is 5.02 Å². The van der Waals surface area contributed by atoms with Crippen molar-refractivity contribution in [3.63, 3.8) is 0 Å². The molecule has 2 aromatic rings. The maximum Gasteiger partial charge on any atom is 0.341 e. The summed E-state index contributed by atoms with van der Waals surface area (Å²) in [6, 6.07) is 8.85. The van der Waals surface area contributed by atoms with Crippen molar-refractivity contribution in [1.82, 2.24) is 0 Å². The Hall–Kier alpha value is -3.33. The molecule has 0 atom stereocenters. The van der Waals surface area contributed by atoms with E-state index in [2.05, 4.69) is 10.5 Å². The normalized spacial score (nSPS) is 10.5. The summed E-state index contributed by atoms with van der Waals surface area (Å²) in [7, 11) is 1.40. The number of nitro benzene ring substituents is 1. The first-order valence-corrected chi connectivity index (χ1v) is 7.54. The summed E-state index contributed by atoms with van der Waals surface area (Å²) in [5.41, 5.74) is 3.84. The molecule has 10 heteroatoms. The predicted octanol–water partition coefficient (Wildman–Crippen LogP) is 3.17. The van der Waals surface area contributed by atoms with E-state index in [0.717, 1.165) is 0 Å². The zero-order valence-corrected chi connectivity index (χ0v) is 14.3. The molecule has 0 heterocycles. The molecule has 0 fully saturated rings. The Labute approximate surface area is 153 Å². The first-order valence-electron chi connectivity index (χ1n) is 7.16. The number of hydrazone groups is 1. The number of ether oxygens (including phenoxy) is 2. The second-order valence-electron chi connectivity index (χ2n) is 4.89. The fourth-order valence-electron chi connectivity index (χ4n) is 1.93. The number of carboxylic acids is 1. The number of hydrogen-bond donors (Lipinski definition) is 2. The maximum atomic E-state index is 10.6. The highest BCUT2D eigenvalue weighted by Crippen LogP contribution is 2.36. The first kappa shape index (κ1) is 19.0. The zero-order chi connectivity index (χ0) is 19.1. The standard InChI is InChI=1S/C16H14ClN3O6/c1-25-14-7-10(6-13(17)16(14)26-9-15(21)22)8-18-19-11-2-4-12(5-3-11)20(23)24/h2-8,19H,9H2,1H3,(H,21,22)/b18-8+. The molecule has 0 bridgehead atoms. The maximum absolute atomic E-state index is 10.6. The van der Waals surface area contributed by atoms with Crippen LogP contribution >= 0.6 is 11.6 Å². The largest absolute Gasteiger partial charge is 0.493 e. The monoisotopic (exact) mass is 379 g/mol. The van der Waals surface area contributed by atoms with E-state index in [9.17, 15) is 14.9 Å². The van der Waals surface area contributed by atoms with Gasteiger partial charge in [0.05, 0.1) is 29.0 Å². The lowest BCUT2D eigenvalue weighted by atomic mass is 10.2. The number of nitrogens with zero attached hydrogens (tertiary/aromatic N) is 2. The van der Waals surface area contributed by atoms with Gasteiger partial charge in [-0.25, -0.2) is 4.79 Å². The molecular formula is C16H14ClN3O6. The van der Waals surface area contributed by atoms with E-state index in [0.29, 0.717) is 11.3 Å². The quantitative estimate of drug-likeness (QED) is 0.410. The summed E-state index contributed by atoms with van der Waals surface area (Å²) in [5.74, 6) is -0.756. The Morgan fingerprint density at radius 1 is 1.38 bits per heavy atom. The van der Waals surface area contributed by atoms with E-state index >= 15 is 0 Å². The number of non-ortho nitro benzene ring substituents is 1. The smallest absolute Gasteiger partial charge is 0.341 e. The van der Waals surface area contributed by atoms with Gasteiger partial charge in [-0.2, -0.15) is 5.10 Å². The molecule has 0 amide bonds. The van der Waals surface area contributed by atoms with Crippen LogP contribution in [0.1, 0.15) is 5.56 Å². The van der Waals surface area contributed by atoms with E-state index in [1.165, 1.54) is 43.7 Å². The van der Waals surface area contributed by atoms with E-state index in [1.807, 2.05) is 0 Å². The van der Waals surface area contributed by atoms with Crippen LogP contribution in [-0.4, -0.2) is 35.9 Å². The topological polar surface area (TPSA) is 123 Å². The van der Waals surface area contributed by atoms with Crippen molar-refractivity contribution in [2.75, 3.05) is 19.1 Å². The summed E-state index contributed by atoms with van der Waals surface area (Å²) in [6.07, 6.45) is 1.46. The minimum Gasteiger partial charge on any atom is -0.493 e. The highest BCUT2D eigenvalue weighted by atomic mass is 35.5. The lowest BCUT2D eigenvalue weighted by Crippen LogP contribution is -2.10. The molecule has 0 aliphatic heterocycles. The van der Waals surface area contributed by atoms with Gasteiger partial charge in [-0.05, 0) is 29.8 Å². The second kappa shape index (κ2) is 8.67. The molecule has 2 rings (SSSR count). The van der Waals surface area contributed by atoms with Crippen LogP contribution in [-0.2, 0) is 4.79 Å². The number of hydrogen-bond acceptors (Lipinski definition) is 7. The second-order valence-corrected chi connectivity index (χ2v) is 5.30. The summed E-state index contributed by atoms with van der Waals surface area (Å²) in [6.45, 7) is -0.550. The van der Waals surface area contributed by atoms with Gasteiger partial charge in [0.2, 0.25) is 0 Å². The minimum atomic E-state index is -1.14. The Morgan fingerprint density at radius 2 is 2.08 bits per heavy atom. The summed E-state index contributed by atoms with van der Waals surface area (Å²) in [5, 5.41) is 23.5. The number of halogens is 1. The highest BCUT2D eigenvalue weighted by Gasteiger charge is 2.13. The number of nitrogens with one attached hydrogen (secondary N) is 1. The molecule has 0 aliphatic rings. The Morgan fingerprint density at radius 3 is 2.65 bits per heavy atom. The first-order chi connectivity index (χ1) is 12.4. The molecule has 0 aromatic heterocycles. The van der Waals surface area contributed by atoms with Gasteiger partial charge in [0.15, 0.2) is 18.1 Å². The van der Waals surface area contributed by atoms with Gasteiger partial charge in [0.25, 0.3) is 5.69 Å². The van der Waals surface area contributed by atoms with Gasteiger partial charge in [-0.15, -0.1) is 0 Å². The number of carboxylic acid groups (broad SMARTS) is 1. The number of aliphatic carboxylic acids is 1. The van der Waals surface area contributed by atoms with Crippen molar-refractivity contribution in [3.8, 4) is 11.5 Å². The molecule has 0 saturated heterocycles. The third-order valence-corrected chi connectivity index (χ3v) is 3.36. The summed E-state index contributed by atoms with van der Waals surface area (Å²) < 4.78 is 10.3. The van der Waals surface area contributed by atoms with Gasteiger partial charge in [-0.1, -0.05) is 11.6 Å². The highest BCUT2D eigenvalue weighted by molar-refractivity contribution is 6.32. The van der Waals surface area contributed by atoms with Gasteiger partial charge >= 0.3 is 5.97 Å². The van der Waals surface area contributed by atoms with Crippen molar-refractivity contribution in [3.05, 3.63) is 57.1 Å². The fraction of sp³-hybridized carbons (Fsp3) is 0.125. The number of carbonyl (C=O) groups is 1. The van der Waals surface area contributed by atoms with Crippen molar-refractivity contribution in [1.29, 1.82) is 0 Å².